The van der Waals surface area contributed by atoms with E-state index in [1.54, 1.807) is 0 Å². The molecule has 1 aromatic heterocycles. The number of pyridine rings is 1. The molecule has 2 heterocycles. The molecule has 0 spiro atoms. The average Bonchev–Trinajstić information content (AvgIpc) is 3.06. The van der Waals surface area contributed by atoms with Crippen molar-refractivity contribution in [2.24, 2.45) is 0 Å². The molecule has 3 aliphatic rings. The van der Waals surface area contributed by atoms with Crippen molar-refractivity contribution in [2.45, 2.75) is 180 Å². The predicted octanol–water partition coefficient (Wildman–Crippen LogP) is 6.94. The Labute approximate surface area is 296 Å². The molecule has 0 amide bonds. The second-order valence-corrected chi connectivity index (χ2v) is 13.4. The van der Waals surface area contributed by atoms with E-state index in [1.807, 2.05) is 0 Å². The van der Waals surface area contributed by atoms with Gasteiger partial charge in [-0.25, -0.2) is 0 Å². The third-order valence-corrected chi connectivity index (χ3v) is 9.41. The van der Waals surface area contributed by atoms with Gasteiger partial charge >= 0.3 is 11.9 Å². The van der Waals surface area contributed by atoms with Crippen molar-refractivity contribution in [1.29, 1.82) is 0 Å². The quantitative estimate of drug-likeness (QED) is 0.101. The second-order valence-electron chi connectivity index (χ2n) is 13.4. The minimum Gasteiger partial charge on any atom is -0.481 e. The van der Waals surface area contributed by atoms with E-state index in [4.69, 9.17) is 15.2 Å². The summed E-state index contributed by atoms with van der Waals surface area (Å²) in [6.45, 7) is 8.19. The zero-order chi connectivity index (χ0) is 33.2. The summed E-state index contributed by atoms with van der Waals surface area (Å²) < 4.78 is 0. The van der Waals surface area contributed by atoms with Gasteiger partial charge in [-0.2, -0.15) is 0 Å². The first-order valence-corrected chi connectivity index (χ1v) is 18.7. The average molecular weight is 701 g/mol. The smallest absolute Gasteiger partial charge is 0.303 e. The molecule has 47 heavy (non-hydrogen) atoms. The summed E-state index contributed by atoms with van der Waals surface area (Å²) in [5.41, 5.74) is 2.34. The van der Waals surface area contributed by atoms with Gasteiger partial charge in [0.25, 0.3) is 0 Å². The number of carboxylic acids is 2. The predicted molar refractivity (Wildman–Crippen MR) is 188 cm³/mol. The summed E-state index contributed by atoms with van der Waals surface area (Å²) in [5, 5.41) is 31.8. The summed E-state index contributed by atoms with van der Waals surface area (Å²) >= 11 is 0. The van der Waals surface area contributed by atoms with Crippen molar-refractivity contribution in [1.82, 2.24) is 26.3 Å². The van der Waals surface area contributed by atoms with Gasteiger partial charge in [0.2, 0.25) is 0 Å². The topological polar surface area (TPSA) is 136 Å². The van der Waals surface area contributed by atoms with Gasteiger partial charge in [0.05, 0.1) is 11.4 Å². The van der Waals surface area contributed by atoms with Crippen LogP contribution in [0.4, 0.5) is 0 Å². The molecular weight excluding hydrogens is 633 g/mol. The van der Waals surface area contributed by atoms with Crippen LogP contribution in [0, 0.1) is 0 Å². The van der Waals surface area contributed by atoms with Gasteiger partial charge in [-0.05, 0) is 50.7 Å². The fourth-order valence-corrected chi connectivity index (χ4v) is 6.71. The molecule has 6 N–H and O–H groups in total. The van der Waals surface area contributed by atoms with Crippen LogP contribution in [0.5, 0.6) is 0 Å². The molecule has 0 saturated heterocycles. The van der Waals surface area contributed by atoms with Crippen molar-refractivity contribution < 1.29 is 36.9 Å². The first-order chi connectivity index (χ1) is 22.4. The summed E-state index contributed by atoms with van der Waals surface area (Å²) in [5.74, 6) is -1.34. The molecule has 2 bridgehead atoms. The van der Waals surface area contributed by atoms with Gasteiger partial charge in [-0.15, -0.1) is 0 Å². The minimum atomic E-state index is -0.670. The van der Waals surface area contributed by atoms with Crippen LogP contribution in [0.15, 0.2) is 18.2 Å². The van der Waals surface area contributed by atoms with E-state index in [9.17, 15) is 9.59 Å². The van der Waals surface area contributed by atoms with E-state index in [1.165, 1.54) is 101 Å². The van der Waals surface area contributed by atoms with Gasteiger partial charge < -0.3 is 31.5 Å². The summed E-state index contributed by atoms with van der Waals surface area (Å²) in [4.78, 5) is 25.0. The van der Waals surface area contributed by atoms with Crippen LogP contribution in [-0.2, 0) is 39.7 Å². The third kappa shape index (κ3) is 21.2. The number of nitrogens with one attached hydrogen (secondary N) is 4. The maximum atomic E-state index is 10.0. The minimum absolute atomic E-state index is 0. The Kier molecular flexibility index (Phi) is 26.2. The van der Waals surface area contributed by atoms with Crippen LogP contribution in [0.2, 0.25) is 0 Å². The standard InChI is InChI=1S/C21H35N5.2C8H16O2.Mn/c1-3-10-20-18(8-1)22-12-13-23-19-9-2-4-11-21(19)25-15-17-7-5-6-16(26-17)14-24-20;2*1-2-3-4-5-6-7-8(9)10;/h5-7,18-25H,1-4,8-15H2;2*2-7H2,1H3,(H,9,10);/t18-,19-,20-,21-;;;/m0.../s1. The van der Waals surface area contributed by atoms with Crippen LogP contribution >= 0.6 is 0 Å². The number of aromatic nitrogens is 1. The van der Waals surface area contributed by atoms with Crippen LogP contribution in [0.25, 0.3) is 0 Å². The van der Waals surface area contributed by atoms with Crippen molar-refractivity contribution in [3.8, 4) is 0 Å². The fourth-order valence-electron chi connectivity index (χ4n) is 6.71. The Bertz CT molecular complexity index is 871. The van der Waals surface area contributed by atoms with E-state index in [0.717, 1.165) is 51.9 Å². The van der Waals surface area contributed by atoms with E-state index in [-0.39, 0.29) is 17.1 Å². The maximum absolute atomic E-state index is 10.0. The second kappa shape index (κ2) is 28.3. The van der Waals surface area contributed by atoms with Gasteiger partial charge in [0.15, 0.2) is 0 Å². The molecule has 2 aliphatic carbocycles. The molecule has 271 valence electrons. The molecule has 2 fully saturated rings. The molecule has 10 heteroatoms. The largest absolute Gasteiger partial charge is 0.481 e. The number of hydrogen-bond acceptors (Lipinski definition) is 7. The van der Waals surface area contributed by atoms with Crippen LogP contribution < -0.4 is 21.3 Å². The number of fused-ring (bicyclic) bond motifs is 4. The molecule has 1 radical (unpaired) electrons. The third-order valence-electron chi connectivity index (χ3n) is 9.41. The molecule has 0 unspecified atom stereocenters. The zero-order valence-corrected chi connectivity index (χ0v) is 30.7. The number of rotatable bonds is 12. The molecule has 2 saturated carbocycles. The first kappa shape index (κ1) is 43.5. The summed E-state index contributed by atoms with van der Waals surface area (Å²) in [6, 6.07) is 8.81. The number of carbonyl (C=O) groups is 2. The molecule has 1 aromatic rings. The van der Waals surface area contributed by atoms with Crippen molar-refractivity contribution >= 4 is 11.9 Å². The SMILES string of the molecule is CCCCCCCC(=O)O.CCCCCCCC(=O)O.[Mn].c1cc2nc(c1)CN[C@H]1CCCC[C@@H]1NCCN[C@H]1CCCC[C@@H]1NC2. The normalized spacial score (nSPS) is 22.9. The first-order valence-electron chi connectivity index (χ1n) is 18.7. The number of unbranched alkanes of at least 4 members (excludes halogenated alkanes) is 8. The number of aliphatic carboxylic acids is 2. The zero-order valence-electron chi connectivity index (χ0n) is 29.5. The number of carboxylic acid groups (broad SMARTS) is 2. The van der Waals surface area contributed by atoms with Crippen LogP contribution in [0.3, 0.4) is 0 Å². The van der Waals surface area contributed by atoms with Gasteiger partial charge in [-0.1, -0.05) is 97.0 Å². The van der Waals surface area contributed by atoms with Gasteiger partial charge in [0.1, 0.15) is 0 Å². The van der Waals surface area contributed by atoms with Crippen molar-refractivity contribution in [3.63, 3.8) is 0 Å². The summed E-state index contributed by atoms with van der Waals surface area (Å²) in [7, 11) is 0. The number of hydrogen-bond donors (Lipinski definition) is 6. The summed E-state index contributed by atoms with van der Waals surface area (Å²) in [6.07, 6.45) is 22.3. The van der Waals surface area contributed by atoms with E-state index >= 15 is 0 Å². The van der Waals surface area contributed by atoms with Crippen molar-refractivity contribution in [2.75, 3.05) is 13.1 Å². The van der Waals surface area contributed by atoms with Gasteiger partial charge in [0, 0.05) is 80.3 Å². The molecular formula is C37H67MnN5O4. The Balaban J connectivity index is 0.000000439. The Morgan fingerprint density at radius 2 is 0.979 bits per heavy atom. The monoisotopic (exact) mass is 700 g/mol. The van der Waals surface area contributed by atoms with E-state index < -0.39 is 11.9 Å². The molecule has 4 rings (SSSR count). The van der Waals surface area contributed by atoms with Crippen LogP contribution in [-0.4, -0.2) is 64.4 Å². The Hall–Kier alpha value is -1.55. The Morgan fingerprint density at radius 3 is 1.34 bits per heavy atom. The molecule has 9 nitrogen and oxygen atoms in total. The molecule has 0 aromatic carbocycles. The van der Waals surface area contributed by atoms with E-state index in [2.05, 4.69) is 53.3 Å². The number of nitrogens with zero attached hydrogens (tertiary/aromatic N) is 1. The van der Waals surface area contributed by atoms with Gasteiger partial charge in [-0.3, -0.25) is 14.6 Å². The maximum Gasteiger partial charge on any atom is 0.303 e. The molecule has 4 atom stereocenters. The fraction of sp³-hybridized carbons (Fsp3) is 0.811. The van der Waals surface area contributed by atoms with Crippen LogP contribution in [0.1, 0.15) is 154 Å². The Morgan fingerprint density at radius 1 is 0.617 bits per heavy atom. The van der Waals surface area contributed by atoms with Crippen molar-refractivity contribution in [3.05, 3.63) is 29.6 Å². The van der Waals surface area contributed by atoms with E-state index in [0.29, 0.717) is 37.0 Å². The molecule has 1 aliphatic heterocycles.